The van der Waals surface area contributed by atoms with Crippen LogP contribution in [0.2, 0.25) is 0 Å². The first-order chi connectivity index (χ1) is 4.85. The molecule has 0 rings (SSSR count). The molecule has 0 aromatic rings. The lowest BCUT2D eigenvalue weighted by molar-refractivity contribution is 1.19. The molecular weight excluding hydrogens is 122 g/mol. The molecule has 0 aromatic carbocycles. The third-order valence-corrected chi connectivity index (χ3v) is 1.11. The molecular formula is C9H13N. The Bertz CT molecular complexity index is 164. The molecule has 0 aliphatic heterocycles. The highest BCUT2D eigenvalue weighted by atomic mass is 14.7. The van der Waals surface area contributed by atoms with Crippen LogP contribution in [0.5, 0.6) is 0 Å². The van der Waals surface area contributed by atoms with Crippen LogP contribution >= 0.6 is 0 Å². The second-order valence-corrected chi connectivity index (χ2v) is 1.84. The number of nitrogens with zero attached hydrogens (tertiary/aromatic N) is 1. The van der Waals surface area contributed by atoms with Crippen LogP contribution in [-0.4, -0.2) is 13.3 Å². The maximum Gasteiger partial charge on any atom is 0.0629 e. The number of hydrogen-bond donors (Lipinski definition) is 0. The van der Waals surface area contributed by atoms with Gasteiger partial charge in [0.05, 0.1) is 6.54 Å². The van der Waals surface area contributed by atoms with Crippen LogP contribution in [-0.2, 0) is 0 Å². The van der Waals surface area contributed by atoms with Crippen molar-refractivity contribution in [3.63, 3.8) is 0 Å². The molecule has 0 aliphatic rings. The van der Waals surface area contributed by atoms with Crippen molar-refractivity contribution in [2.24, 2.45) is 4.99 Å². The number of aliphatic imine (C=N–C) groups is 1. The molecule has 0 atom stereocenters. The monoisotopic (exact) mass is 135 g/mol. The van der Waals surface area contributed by atoms with Crippen molar-refractivity contribution in [3.05, 3.63) is 36.5 Å². The second-order valence-electron chi connectivity index (χ2n) is 1.84. The molecule has 0 fully saturated rings. The first-order valence-corrected chi connectivity index (χ1v) is 3.22. The van der Waals surface area contributed by atoms with E-state index in [1.807, 2.05) is 25.2 Å². The Hall–Kier alpha value is -1.11. The van der Waals surface area contributed by atoms with Gasteiger partial charge >= 0.3 is 0 Å². The highest BCUT2D eigenvalue weighted by Crippen LogP contribution is 1.96. The van der Waals surface area contributed by atoms with Gasteiger partial charge < -0.3 is 0 Å². The lowest BCUT2D eigenvalue weighted by Crippen LogP contribution is -1.81. The van der Waals surface area contributed by atoms with E-state index in [1.165, 1.54) is 0 Å². The van der Waals surface area contributed by atoms with E-state index in [2.05, 4.69) is 18.3 Å². The fourth-order valence-corrected chi connectivity index (χ4v) is 0.561. The first kappa shape index (κ1) is 8.89. The summed E-state index contributed by atoms with van der Waals surface area (Å²) in [5.41, 5.74) is 1.16. The summed E-state index contributed by atoms with van der Waals surface area (Å²) in [6.07, 6.45) is 7.61. The smallest absolute Gasteiger partial charge is 0.0629 e. The maximum atomic E-state index is 3.76. The Kier molecular flexibility index (Phi) is 5.35. The fraction of sp³-hybridized carbons (Fsp3) is 0.222. The molecule has 0 N–H and O–H groups in total. The maximum absolute atomic E-state index is 3.76. The highest BCUT2D eigenvalue weighted by molar-refractivity contribution is 5.28. The zero-order valence-corrected chi connectivity index (χ0v) is 6.38. The molecule has 0 unspecified atom stereocenters. The largest absolute Gasteiger partial charge is 0.296 e. The predicted molar refractivity (Wildman–Crippen MR) is 47.5 cm³/mol. The standard InChI is InChI=1S/C9H13N/c1-4-6-7-9(5-2)8-10-3/h4-7H,1,3,8H2,2H3/b7-6-,9-5+. The molecule has 0 heterocycles. The molecule has 0 spiro atoms. The second kappa shape index (κ2) is 6.02. The Morgan fingerprint density at radius 3 is 2.70 bits per heavy atom. The molecule has 0 aliphatic carbocycles. The topological polar surface area (TPSA) is 12.4 Å². The molecule has 10 heavy (non-hydrogen) atoms. The molecule has 0 aromatic heterocycles. The van der Waals surface area contributed by atoms with Crippen LogP contribution in [0.15, 0.2) is 41.4 Å². The third kappa shape index (κ3) is 3.84. The van der Waals surface area contributed by atoms with Crippen molar-refractivity contribution in [2.75, 3.05) is 6.54 Å². The van der Waals surface area contributed by atoms with Gasteiger partial charge in [-0.25, -0.2) is 0 Å². The average Bonchev–Trinajstić information content (AvgIpc) is 1.98. The molecule has 0 radical (unpaired) electrons. The number of allylic oxidation sites excluding steroid dienone is 3. The third-order valence-electron chi connectivity index (χ3n) is 1.11. The summed E-state index contributed by atoms with van der Waals surface area (Å²) in [5.74, 6) is 0. The van der Waals surface area contributed by atoms with Crippen molar-refractivity contribution in [1.29, 1.82) is 0 Å². The van der Waals surface area contributed by atoms with Gasteiger partial charge in [-0.1, -0.05) is 30.9 Å². The van der Waals surface area contributed by atoms with Gasteiger partial charge in [0.25, 0.3) is 0 Å². The molecule has 0 saturated carbocycles. The van der Waals surface area contributed by atoms with Gasteiger partial charge in [-0.05, 0) is 19.2 Å². The normalized spacial score (nSPS) is 11.9. The summed E-state index contributed by atoms with van der Waals surface area (Å²) in [6.45, 7) is 9.63. The zero-order valence-electron chi connectivity index (χ0n) is 6.38. The molecule has 1 heteroatoms. The highest BCUT2D eigenvalue weighted by Gasteiger charge is 1.83. The van der Waals surface area contributed by atoms with Crippen LogP contribution in [0.3, 0.4) is 0 Å². The van der Waals surface area contributed by atoms with E-state index in [0.717, 1.165) is 5.57 Å². The fourth-order valence-electron chi connectivity index (χ4n) is 0.561. The minimum atomic E-state index is 0.681. The van der Waals surface area contributed by atoms with Crippen LogP contribution < -0.4 is 0 Å². The van der Waals surface area contributed by atoms with Crippen molar-refractivity contribution in [2.45, 2.75) is 6.92 Å². The van der Waals surface area contributed by atoms with Gasteiger partial charge in [0, 0.05) is 0 Å². The summed E-state index contributed by atoms with van der Waals surface area (Å²) in [5, 5.41) is 0. The minimum Gasteiger partial charge on any atom is -0.296 e. The van der Waals surface area contributed by atoms with E-state index in [1.54, 1.807) is 6.08 Å². The van der Waals surface area contributed by atoms with Gasteiger partial charge in [-0.3, -0.25) is 4.99 Å². The Labute approximate surface area is 62.5 Å². The van der Waals surface area contributed by atoms with E-state index in [4.69, 9.17) is 0 Å². The van der Waals surface area contributed by atoms with Crippen molar-refractivity contribution < 1.29 is 0 Å². The summed E-state index contributed by atoms with van der Waals surface area (Å²) < 4.78 is 0. The first-order valence-electron chi connectivity index (χ1n) is 3.22. The van der Waals surface area contributed by atoms with Crippen molar-refractivity contribution >= 4 is 6.72 Å². The number of hydrogen-bond acceptors (Lipinski definition) is 1. The Morgan fingerprint density at radius 2 is 2.30 bits per heavy atom. The molecule has 0 bridgehead atoms. The molecule has 1 nitrogen and oxygen atoms in total. The summed E-state index contributed by atoms with van der Waals surface area (Å²) >= 11 is 0. The quantitative estimate of drug-likeness (QED) is 0.414. The van der Waals surface area contributed by atoms with E-state index < -0.39 is 0 Å². The van der Waals surface area contributed by atoms with Gasteiger partial charge in [0.15, 0.2) is 0 Å². The number of rotatable bonds is 4. The lowest BCUT2D eigenvalue weighted by Gasteiger charge is -1.91. The average molecular weight is 135 g/mol. The summed E-state index contributed by atoms with van der Waals surface area (Å²) in [4.78, 5) is 3.76. The van der Waals surface area contributed by atoms with Gasteiger partial charge in [-0.15, -0.1) is 0 Å². The minimum absolute atomic E-state index is 0.681. The lowest BCUT2D eigenvalue weighted by atomic mass is 10.2. The van der Waals surface area contributed by atoms with Crippen LogP contribution in [0, 0.1) is 0 Å². The predicted octanol–water partition coefficient (Wildman–Crippen LogP) is 2.38. The summed E-state index contributed by atoms with van der Waals surface area (Å²) in [6, 6.07) is 0. The van der Waals surface area contributed by atoms with E-state index >= 15 is 0 Å². The molecule has 0 saturated heterocycles. The van der Waals surface area contributed by atoms with Crippen LogP contribution in [0.25, 0.3) is 0 Å². The Morgan fingerprint density at radius 1 is 1.60 bits per heavy atom. The van der Waals surface area contributed by atoms with E-state index in [-0.39, 0.29) is 0 Å². The molecule has 0 amide bonds. The Balaban J connectivity index is 3.95. The SMILES string of the molecule is C=C/C=C\C(=C/C)CN=C. The molecule has 54 valence electrons. The van der Waals surface area contributed by atoms with Crippen LogP contribution in [0.4, 0.5) is 0 Å². The van der Waals surface area contributed by atoms with Gasteiger partial charge in [-0.2, -0.15) is 0 Å². The van der Waals surface area contributed by atoms with Crippen molar-refractivity contribution in [3.8, 4) is 0 Å². The van der Waals surface area contributed by atoms with Crippen LogP contribution in [0.1, 0.15) is 6.92 Å². The van der Waals surface area contributed by atoms with E-state index in [0.29, 0.717) is 6.54 Å². The van der Waals surface area contributed by atoms with Crippen molar-refractivity contribution in [1.82, 2.24) is 0 Å². The summed E-state index contributed by atoms with van der Waals surface area (Å²) in [7, 11) is 0. The van der Waals surface area contributed by atoms with Gasteiger partial charge in [0.1, 0.15) is 0 Å². The van der Waals surface area contributed by atoms with E-state index in [9.17, 15) is 0 Å². The zero-order chi connectivity index (χ0) is 7.82. The van der Waals surface area contributed by atoms with Gasteiger partial charge in [0.2, 0.25) is 0 Å².